The molecular formula is C7H6N2O3S. The minimum Gasteiger partial charge on any atom is -0.461 e. The van der Waals surface area contributed by atoms with E-state index in [1.54, 1.807) is 6.08 Å². The molecule has 2 aliphatic heterocycles. The Morgan fingerprint density at radius 2 is 2.54 bits per heavy atom. The van der Waals surface area contributed by atoms with E-state index in [4.69, 9.17) is 14.9 Å². The smallest absolute Gasteiger partial charge is 0.264 e. The zero-order valence-corrected chi connectivity index (χ0v) is 7.31. The standard InChI is InChI=1S/C7H6N2O3S/c8-7-9-6(10)5(13-7)1-4-2-11-3-12-4/h1-2H,3H2,(H2,8,9,10). The Morgan fingerprint density at radius 1 is 1.69 bits per heavy atom. The molecule has 0 aliphatic carbocycles. The highest BCUT2D eigenvalue weighted by Gasteiger charge is 2.23. The molecule has 0 radical (unpaired) electrons. The first-order chi connectivity index (χ1) is 6.25. The molecule has 2 heterocycles. The van der Waals surface area contributed by atoms with E-state index in [1.807, 2.05) is 0 Å². The number of carbonyl (C=O) groups excluding carboxylic acids is 1. The first-order valence-corrected chi connectivity index (χ1v) is 4.31. The third-order valence-electron chi connectivity index (χ3n) is 1.43. The average molecular weight is 198 g/mol. The van der Waals surface area contributed by atoms with Gasteiger partial charge in [0.15, 0.2) is 10.9 Å². The van der Waals surface area contributed by atoms with Crippen LogP contribution in [-0.4, -0.2) is 17.9 Å². The summed E-state index contributed by atoms with van der Waals surface area (Å²) < 4.78 is 9.80. The van der Waals surface area contributed by atoms with Crippen LogP contribution in [0.3, 0.4) is 0 Å². The number of thioether (sulfide) groups is 1. The number of nitrogens with one attached hydrogen (secondary N) is 2. The van der Waals surface area contributed by atoms with E-state index in [0.29, 0.717) is 10.7 Å². The van der Waals surface area contributed by atoms with E-state index in [0.717, 1.165) is 11.8 Å². The fourth-order valence-electron chi connectivity index (χ4n) is 0.899. The maximum Gasteiger partial charge on any atom is 0.264 e. The minimum atomic E-state index is -0.272. The van der Waals surface area contributed by atoms with Gasteiger partial charge in [0.2, 0.25) is 6.79 Å². The number of rotatable bonds is 1. The van der Waals surface area contributed by atoms with Crippen molar-refractivity contribution in [3.63, 3.8) is 0 Å². The Morgan fingerprint density at radius 3 is 3.08 bits per heavy atom. The van der Waals surface area contributed by atoms with Gasteiger partial charge in [0, 0.05) is 6.08 Å². The van der Waals surface area contributed by atoms with Crippen LogP contribution < -0.4 is 5.32 Å². The van der Waals surface area contributed by atoms with Gasteiger partial charge in [-0.15, -0.1) is 0 Å². The molecule has 6 heteroatoms. The highest BCUT2D eigenvalue weighted by molar-refractivity contribution is 8.18. The van der Waals surface area contributed by atoms with Crippen LogP contribution in [0.5, 0.6) is 0 Å². The quantitative estimate of drug-likeness (QED) is 0.602. The van der Waals surface area contributed by atoms with Crippen LogP contribution in [0.15, 0.2) is 23.0 Å². The van der Waals surface area contributed by atoms with Crippen molar-refractivity contribution in [2.24, 2.45) is 0 Å². The maximum absolute atomic E-state index is 11.1. The first-order valence-electron chi connectivity index (χ1n) is 3.50. The fourth-order valence-corrected chi connectivity index (χ4v) is 1.58. The van der Waals surface area contributed by atoms with Crippen molar-refractivity contribution < 1.29 is 14.3 Å². The second-order valence-corrected chi connectivity index (χ2v) is 3.40. The van der Waals surface area contributed by atoms with Crippen LogP contribution in [0.4, 0.5) is 0 Å². The van der Waals surface area contributed by atoms with Gasteiger partial charge >= 0.3 is 0 Å². The molecule has 2 N–H and O–H groups in total. The van der Waals surface area contributed by atoms with Gasteiger partial charge in [0.05, 0.1) is 4.91 Å². The summed E-state index contributed by atoms with van der Waals surface area (Å²) in [4.78, 5) is 11.6. The lowest BCUT2D eigenvalue weighted by molar-refractivity contribution is -0.115. The van der Waals surface area contributed by atoms with Crippen LogP contribution in [-0.2, 0) is 14.3 Å². The molecule has 0 aromatic heterocycles. The minimum absolute atomic E-state index is 0.135. The summed E-state index contributed by atoms with van der Waals surface area (Å²) in [5.41, 5.74) is 0. The lowest BCUT2D eigenvalue weighted by Crippen LogP contribution is -2.18. The van der Waals surface area contributed by atoms with E-state index in [2.05, 4.69) is 5.32 Å². The second-order valence-electron chi connectivity index (χ2n) is 2.34. The van der Waals surface area contributed by atoms with Crippen LogP contribution >= 0.6 is 11.8 Å². The van der Waals surface area contributed by atoms with Crippen molar-refractivity contribution in [3.8, 4) is 0 Å². The van der Waals surface area contributed by atoms with E-state index in [-0.39, 0.29) is 17.9 Å². The lowest BCUT2D eigenvalue weighted by Gasteiger charge is -1.93. The molecule has 0 atom stereocenters. The van der Waals surface area contributed by atoms with Crippen molar-refractivity contribution in [1.29, 1.82) is 5.41 Å². The Bertz CT molecular complexity index is 335. The predicted octanol–water partition coefficient (Wildman–Crippen LogP) is 0.514. The number of hydrogen-bond acceptors (Lipinski definition) is 5. The summed E-state index contributed by atoms with van der Waals surface area (Å²) in [5, 5.41) is 9.67. The number of carbonyl (C=O) groups is 1. The Kier molecular flexibility index (Phi) is 1.97. The van der Waals surface area contributed by atoms with Crippen LogP contribution in [0.2, 0.25) is 0 Å². The molecule has 2 aliphatic rings. The monoisotopic (exact) mass is 198 g/mol. The molecule has 1 fully saturated rings. The molecular weight excluding hydrogens is 192 g/mol. The molecule has 0 unspecified atom stereocenters. The third-order valence-corrected chi connectivity index (χ3v) is 2.26. The van der Waals surface area contributed by atoms with Crippen molar-refractivity contribution in [2.45, 2.75) is 0 Å². The molecule has 0 aromatic rings. The largest absolute Gasteiger partial charge is 0.461 e. The molecule has 68 valence electrons. The molecule has 5 nitrogen and oxygen atoms in total. The first kappa shape index (κ1) is 8.18. The molecule has 0 aromatic carbocycles. The van der Waals surface area contributed by atoms with E-state index in [9.17, 15) is 4.79 Å². The molecule has 0 bridgehead atoms. The van der Waals surface area contributed by atoms with Gasteiger partial charge in [-0.1, -0.05) is 0 Å². The molecule has 13 heavy (non-hydrogen) atoms. The van der Waals surface area contributed by atoms with Crippen LogP contribution in [0, 0.1) is 5.41 Å². The lowest BCUT2D eigenvalue weighted by atomic mass is 10.4. The van der Waals surface area contributed by atoms with Gasteiger partial charge in [0.25, 0.3) is 5.91 Å². The van der Waals surface area contributed by atoms with Gasteiger partial charge in [-0.25, -0.2) is 0 Å². The zero-order valence-electron chi connectivity index (χ0n) is 6.49. The molecule has 2 rings (SSSR count). The van der Waals surface area contributed by atoms with E-state index in [1.165, 1.54) is 6.26 Å². The highest BCUT2D eigenvalue weighted by atomic mass is 32.2. The number of amidine groups is 1. The summed E-state index contributed by atoms with van der Waals surface area (Å²) in [5.74, 6) is 0.235. The van der Waals surface area contributed by atoms with Gasteiger partial charge in [-0.3, -0.25) is 10.2 Å². The van der Waals surface area contributed by atoms with Crippen molar-refractivity contribution in [3.05, 3.63) is 23.0 Å². The van der Waals surface area contributed by atoms with E-state index >= 15 is 0 Å². The number of amides is 1. The topological polar surface area (TPSA) is 71.4 Å². The van der Waals surface area contributed by atoms with Gasteiger partial charge in [0.1, 0.15) is 6.26 Å². The van der Waals surface area contributed by atoms with Gasteiger partial charge in [-0.2, -0.15) is 0 Å². The van der Waals surface area contributed by atoms with Gasteiger partial charge < -0.3 is 14.8 Å². The Balaban J connectivity index is 2.15. The zero-order chi connectivity index (χ0) is 9.26. The SMILES string of the molecule is N=C1NC(=O)C(=CC2=COCO2)S1. The number of allylic oxidation sites excluding steroid dienone is 1. The summed E-state index contributed by atoms with van der Waals surface area (Å²) in [6.45, 7) is 0.183. The maximum atomic E-state index is 11.1. The second kappa shape index (κ2) is 3.14. The van der Waals surface area contributed by atoms with Crippen LogP contribution in [0.25, 0.3) is 0 Å². The average Bonchev–Trinajstić information content (AvgIpc) is 2.63. The van der Waals surface area contributed by atoms with Crippen molar-refractivity contribution in [1.82, 2.24) is 5.32 Å². The number of hydrogen-bond donors (Lipinski definition) is 2. The third kappa shape index (κ3) is 1.67. The van der Waals surface area contributed by atoms with Crippen LogP contribution in [0.1, 0.15) is 0 Å². The normalized spacial score (nSPS) is 24.0. The van der Waals surface area contributed by atoms with Crippen molar-refractivity contribution in [2.75, 3.05) is 6.79 Å². The van der Waals surface area contributed by atoms with Crippen molar-refractivity contribution >= 4 is 22.8 Å². The summed E-state index contributed by atoms with van der Waals surface area (Å²) in [7, 11) is 0. The summed E-state index contributed by atoms with van der Waals surface area (Å²) >= 11 is 1.07. The fraction of sp³-hybridized carbons (Fsp3) is 0.143. The molecule has 1 amide bonds. The Labute approximate surface area is 78.3 Å². The Hall–Kier alpha value is -1.43. The highest BCUT2D eigenvalue weighted by Crippen LogP contribution is 2.24. The van der Waals surface area contributed by atoms with E-state index < -0.39 is 0 Å². The number of ether oxygens (including phenoxy) is 2. The molecule has 1 saturated heterocycles. The van der Waals surface area contributed by atoms with Gasteiger partial charge in [-0.05, 0) is 11.8 Å². The molecule has 0 spiro atoms. The predicted molar refractivity (Wildman–Crippen MR) is 46.7 cm³/mol. The molecule has 0 saturated carbocycles. The summed E-state index contributed by atoms with van der Waals surface area (Å²) in [6, 6.07) is 0. The summed E-state index contributed by atoms with van der Waals surface area (Å²) in [6.07, 6.45) is 2.98.